The van der Waals surface area contributed by atoms with Gasteiger partial charge >= 0.3 is 0 Å². The number of hydrogen-bond donors (Lipinski definition) is 2. The quantitative estimate of drug-likeness (QED) is 0.742. The highest BCUT2D eigenvalue weighted by atomic mass is 16.5. The molecule has 2 N–H and O–H groups in total. The van der Waals surface area contributed by atoms with Gasteiger partial charge in [0.1, 0.15) is 0 Å². The number of phenols is 1. The molecule has 0 heterocycles. The summed E-state index contributed by atoms with van der Waals surface area (Å²) in [7, 11) is 0. The van der Waals surface area contributed by atoms with Gasteiger partial charge in [-0.25, -0.2) is 0 Å². The van der Waals surface area contributed by atoms with Crippen molar-refractivity contribution in [2.45, 2.75) is 19.4 Å². The first-order valence-electron chi connectivity index (χ1n) is 4.29. The topological polar surface area (TPSA) is 49.7 Å². The van der Waals surface area contributed by atoms with E-state index in [0.717, 1.165) is 0 Å². The van der Waals surface area contributed by atoms with Gasteiger partial charge < -0.3 is 14.9 Å². The Kier molecular flexibility index (Phi) is 3.58. The van der Waals surface area contributed by atoms with Crippen molar-refractivity contribution in [2.24, 2.45) is 0 Å². The number of aliphatic hydroxyl groups is 1. The monoisotopic (exact) mass is 182 g/mol. The molecule has 0 aliphatic carbocycles. The van der Waals surface area contributed by atoms with Crippen molar-refractivity contribution < 1.29 is 14.9 Å². The third-order valence-electron chi connectivity index (χ3n) is 1.73. The van der Waals surface area contributed by atoms with Crippen molar-refractivity contribution in [3.8, 4) is 11.5 Å². The van der Waals surface area contributed by atoms with E-state index in [9.17, 15) is 5.11 Å². The number of para-hydroxylation sites is 2. The van der Waals surface area contributed by atoms with Crippen molar-refractivity contribution in [1.29, 1.82) is 0 Å². The van der Waals surface area contributed by atoms with Crippen LogP contribution >= 0.6 is 0 Å². The maximum Gasteiger partial charge on any atom is 0.161 e. The Morgan fingerprint density at radius 2 is 2.08 bits per heavy atom. The van der Waals surface area contributed by atoms with E-state index in [1.54, 1.807) is 24.3 Å². The van der Waals surface area contributed by atoms with Gasteiger partial charge in [0.15, 0.2) is 11.5 Å². The molecule has 72 valence electrons. The minimum absolute atomic E-state index is 0.0849. The SMILES string of the molecule is CC(CCO)Oc1ccccc1O. The van der Waals surface area contributed by atoms with E-state index in [2.05, 4.69) is 0 Å². The van der Waals surface area contributed by atoms with Crippen LogP contribution in [0.4, 0.5) is 0 Å². The molecule has 0 fully saturated rings. The highest BCUT2D eigenvalue weighted by Crippen LogP contribution is 2.25. The van der Waals surface area contributed by atoms with Gasteiger partial charge in [-0.05, 0) is 19.1 Å². The largest absolute Gasteiger partial charge is 0.504 e. The van der Waals surface area contributed by atoms with Gasteiger partial charge in [0.25, 0.3) is 0 Å². The first kappa shape index (κ1) is 9.86. The van der Waals surface area contributed by atoms with E-state index in [1.807, 2.05) is 6.92 Å². The van der Waals surface area contributed by atoms with Crippen LogP contribution in [0.3, 0.4) is 0 Å². The maximum atomic E-state index is 9.34. The van der Waals surface area contributed by atoms with E-state index < -0.39 is 0 Å². The summed E-state index contributed by atoms with van der Waals surface area (Å²) in [6.07, 6.45) is 0.479. The summed E-state index contributed by atoms with van der Waals surface area (Å²) in [5, 5.41) is 18.0. The van der Waals surface area contributed by atoms with E-state index in [0.29, 0.717) is 12.2 Å². The van der Waals surface area contributed by atoms with E-state index in [4.69, 9.17) is 9.84 Å². The van der Waals surface area contributed by atoms with Crippen LogP contribution in [-0.2, 0) is 0 Å². The number of ether oxygens (including phenoxy) is 1. The lowest BCUT2D eigenvalue weighted by molar-refractivity contribution is 0.164. The van der Waals surface area contributed by atoms with E-state index >= 15 is 0 Å². The van der Waals surface area contributed by atoms with Crippen molar-refractivity contribution in [1.82, 2.24) is 0 Å². The van der Waals surface area contributed by atoms with Gasteiger partial charge in [-0.1, -0.05) is 12.1 Å². The van der Waals surface area contributed by atoms with Crippen LogP contribution < -0.4 is 4.74 Å². The van der Waals surface area contributed by atoms with Crippen molar-refractivity contribution in [2.75, 3.05) is 6.61 Å². The Bertz CT molecular complexity index is 260. The summed E-state index contributed by atoms with van der Waals surface area (Å²) in [6, 6.07) is 6.80. The molecule has 3 heteroatoms. The first-order chi connectivity index (χ1) is 6.24. The van der Waals surface area contributed by atoms with Crippen LogP contribution in [0.25, 0.3) is 0 Å². The molecule has 13 heavy (non-hydrogen) atoms. The number of phenolic OH excluding ortho intramolecular Hbond substituents is 1. The highest BCUT2D eigenvalue weighted by Gasteiger charge is 2.05. The Morgan fingerprint density at radius 3 is 2.69 bits per heavy atom. The molecule has 0 spiro atoms. The molecule has 0 aromatic heterocycles. The molecule has 1 aromatic rings. The molecule has 0 aliphatic heterocycles. The fourth-order valence-electron chi connectivity index (χ4n) is 1.01. The Balaban J connectivity index is 2.58. The molecule has 0 aliphatic rings. The van der Waals surface area contributed by atoms with Crippen LogP contribution in [0.15, 0.2) is 24.3 Å². The number of aliphatic hydroxyl groups excluding tert-OH is 1. The van der Waals surface area contributed by atoms with Crippen LogP contribution in [-0.4, -0.2) is 22.9 Å². The molecule has 0 saturated carbocycles. The van der Waals surface area contributed by atoms with E-state index in [-0.39, 0.29) is 18.5 Å². The second kappa shape index (κ2) is 4.72. The molecular formula is C10H14O3. The second-order valence-electron chi connectivity index (χ2n) is 2.91. The van der Waals surface area contributed by atoms with Gasteiger partial charge in [0, 0.05) is 13.0 Å². The van der Waals surface area contributed by atoms with Gasteiger partial charge in [-0.3, -0.25) is 0 Å². The molecule has 1 rings (SSSR count). The number of benzene rings is 1. The zero-order chi connectivity index (χ0) is 9.68. The summed E-state index contributed by atoms with van der Waals surface area (Å²) < 4.78 is 5.38. The lowest BCUT2D eigenvalue weighted by Crippen LogP contribution is -2.13. The van der Waals surface area contributed by atoms with Crippen LogP contribution in [0.2, 0.25) is 0 Å². The molecule has 3 nitrogen and oxygen atoms in total. The van der Waals surface area contributed by atoms with Gasteiger partial charge in [-0.2, -0.15) is 0 Å². The van der Waals surface area contributed by atoms with Crippen LogP contribution in [0.1, 0.15) is 13.3 Å². The molecule has 1 aromatic carbocycles. The van der Waals surface area contributed by atoms with E-state index in [1.165, 1.54) is 0 Å². The predicted octanol–water partition coefficient (Wildman–Crippen LogP) is 1.54. The minimum atomic E-state index is -0.0849. The summed E-state index contributed by atoms with van der Waals surface area (Å²) in [5.41, 5.74) is 0. The number of aromatic hydroxyl groups is 1. The lowest BCUT2D eigenvalue weighted by atomic mass is 10.3. The second-order valence-corrected chi connectivity index (χ2v) is 2.91. The van der Waals surface area contributed by atoms with Crippen molar-refractivity contribution in [3.05, 3.63) is 24.3 Å². The summed E-state index contributed by atoms with van der Waals surface area (Å²) in [6.45, 7) is 1.94. The van der Waals surface area contributed by atoms with Gasteiger partial charge in [0.05, 0.1) is 6.10 Å². The summed E-state index contributed by atoms with van der Waals surface area (Å²) >= 11 is 0. The molecule has 1 atom stereocenters. The van der Waals surface area contributed by atoms with Crippen LogP contribution in [0.5, 0.6) is 11.5 Å². The Labute approximate surface area is 77.6 Å². The zero-order valence-electron chi connectivity index (χ0n) is 7.60. The molecule has 0 saturated heterocycles. The Hall–Kier alpha value is -1.22. The van der Waals surface area contributed by atoms with Gasteiger partial charge in [-0.15, -0.1) is 0 Å². The molecule has 0 radical (unpaired) electrons. The fourth-order valence-corrected chi connectivity index (χ4v) is 1.01. The van der Waals surface area contributed by atoms with Crippen LogP contribution in [0, 0.1) is 0 Å². The smallest absolute Gasteiger partial charge is 0.161 e. The third-order valence-corrected chi connectivity index (χ3v) is 1.73. The number of rotatable bonds is 4. The number of hydrogen-bond acceptors (Lipinski definition) is 3. The predicted molar refractivity (Wildman–Crippen MR) is 49.9 cm³/mol. The standard InChI is InChI=1S/C10H14O3/c1-8(6-7-11)13-10-5-3-2-4-9(10)12/h2-5,8,11-12H,6-7H2,1H3. The highest BCUT2D eigenvalue weighted by molar-refractivity contribution is 5.37. The lowest BCUT2D eigenvalue weighted by Gasteiger charge is -2.13. The summed E-state index contributed by atoms with van der Waals surface area (Å²) in [4.78, 5) is 0. The molecule has 0 amide bonds. The average molecular weight is 182 g/mol. The molecule has 0 bridgehead atoms. The molecular weight excluding hydrogens is 168 g/mol. The fraction of sp³-hybridized carbons (Fsp3) is 0.400. The normalized spacial score (nSPS) is 12.5. The molecule has 1 unspecified atom stereocenters. The zero-order valence-corrected chi connectivity index (χ0v) is 7.60. The average Bonchev–Trinajstić information content (AvgIpc) is 2.09. The van der Waals surface area contributed by atoms with Crippen molar-refractivity contribution >= 4 is 0 Å². The first-order valence-corrected chi connectivity index (χ1v) is 4.29. The minimum Gasteiger partial charge on any atom is -0.504 e. The van der Waals surface area contributed by atoms with Crippen molar-refractivity contribution in [3.63, 3.8) is 0 Å². The Morgan fingerprint density at radius 1 is 1.38 bits per heavy atom. The maximum absolute atomic E-state index is 9.34. The summed E-state index contributed by atoms with van der Waals surface area (Å²) in [5.74, 6) is 0.593. The van der Waals surface area contributed by atoms with Gasteiger partial charge in [0.2, 0.25) is 0 Å². The third kappa shape index (κ3) is 2.95.